The number of aromatic nitrogens is 2. The fourth-order valence-electron chi connectivity index (χ4n) is 3.74. The van der Waals surface area contributed by atoms with Crippen LogP contribution < -0.4 is 10.6 Å². The molecule has 1 aliphatic carbocycles. The summed E-state index contributed by atoms with van der Waals surface area (Å²) in [6.45, 7) is 15.0. The van der Waals surface area contributed by atoms with E-state index in [1.54, 1.807) is 69.4 Å². The zero-order chi connectivity index (χ0) is 31.3. The first kappa shape index (κ1) is 34.7. The van der Waals surface area contributed by atoms with Crippen molar-refractivity contribution in [2.45, 2.75) is 104 Å². The highest BCUT2D eigenvalue weighted by molar-refractivity contribution is 14.1. The number of nitrogens with zero attached hydrogens (tertiary/aromatic N) is 2. The van der Waals surface area contributed by atoms with Gasteiger partial charge in [-0.1, -0.05) is 11.6 Å². The molecule has 0 unspecified atom stereocenters. The van der Waals surface area contributed by atoms with E-state index >= 15 is 0 Å². The molecule has 0 aliphatic heterocycles. The van der Waals surface area contributed by atoms with Gasteiger partial charge in [-0.05, 0) is 91.3 Å². The van der Waals surface area contributed by atoms with Gasteiger partial charge in [-0.15, -0.1) is 0 Å². The Morgan fingerprint density at radius 3 is 1.83 bits per heavy atom. The Labute approximate surface area is 259 Å². The summed E-state index contributed by atoms with van der Waals surface area (Å²) in [6.07, 6.45) is -4.85. The number of rotatable bonds is 7. The highest BCUT2D eigenvalue weighted by atomic mass is 127. The van der Waals surface area contributed by atoms with Gasteiger partial charge in [0.2, 0.25) is 5.95 Å². The minimum absolute atomic E-state index is 0.196. The molecule has 2 N–H and O–H groups in total. The Hall–Kier alpha value is -2.49. The number of carbonyl (C=O) groups is 3. The van der Waals surface area contributed by atoms with Crippen LogP contribution >= 0.6 is 34.2 Å². The molecule has 0 saturated heterocycles. The molecule has 2 rings (SSSR count). The summed E-state index contributed by atoms with van der Waals surface area (Å²) < 4.78 is 33.3. The number of anilines is 2. The van der Waals surface area contributed by atoms with Crippen LogP contribution in [0.25, 0.3) is 0 Å². The van der Waals surface area contributed by atoms with Crippen molar-refractivity contribution < 1.29 is 42.8 Å². The van der Waals surface area contributed by atoms with E-state index in [2.05, 4.69) is 20.6 Å². The minimum atomic E-state index is -1.10. The van der Waals surface area contributed by atoms with Crippen molar-refractivity contribution >= 4 is 64.4 Å². The standard InChI is InChI=1S/C26H40ClIN4O9/c1-24(2,3)39-21(33)36-12-13-11-14(30-19-15(28)18(27)31-20(29-10)32-19)17(38-23(35)41-26(7,8)9)16(13)37-22(34)40-25(4,5)6/h13-14,16-17H,11-12H2,1-10H3,(H2,29,30,31,32)/t13-,14-,16-,17+/m1/s1. The highest BCUT2D eigenvalue weighted by Gasteiger charge is 2.50. The maximum absolute atomic E-state index is 12.8. The summed E-state index contributed by atoms with van der Waals surface area (Å²) in [5.41, 5.74) is -2.48. The molecule has 0 bridgehead atoms. The first-order chi connectivity index (χ1) is 18.7. The molecule has 0 amide bonds. The summed E-state index contributed by atoms with van der Waals surface area (Å²) in [7, 11) is 1.64. The van der Waals surface area contributed by atoms with Crippen LogP contribution in [0.4, 0.5) is 26.1 Å². The second kappa shape index (κ2) is 13.7. The second-order valence-electron chi connectivity index (χ2n) is 12.4. The van der Waals surface area contributed by atoms with Crippen molar-refractivity contribution in [2.24, 2.45) is 5.92 Å². The van der Waals surface area contributed by atoms with E-state index in [9.17, 15) is 14.4 Å². The third-order valence-corrected chi connectivity index (χ3v) is 6.76. The Morgan fingerprint density at radius 1 is 0.854 bits per heavy atom. The lowest BCUT2D eigenvalue weighted by molar-refractivity contribution is -0.0907. The minimum Gasteiger partial charge on any atom is -0.434 e. The average Bonchev–Trinajstić information content (AvgIpc) is 3.07. The van der Waals surface area contributed by atoms with E-state index in [4.69, 9.17) is 40.0 Å². The van der Waals surface area contributed by atoms with Gasteiger partial charge in [0.1, 0.15) is 34.4 Å². The topological polar surface area (TPSA) is 156 Å². The van der Waals surface area contributed by atoms with E-state index in [0.29, 0.717) is 9.39 Å². The smallest absolute Gasteiger partial charge is 0.434 e. The molecule has 4 atom stereocenters. The molecule has 15 heteroatoms. The summed E-state index contributed by atoms with van der Waals surface area (Å²) in [5.74, 6) is -0.0342. The molecule has 1 aromatic heterocycles. The Bertz CT molecular complexity index is 1100. The Balaban J connectivity index is 2.45. The number of nitrogens with one attached hydrogen (secondary N) is 2. The third-order valence-electron chi connectivity index (χ3n) is 5.15. The zero-order valence-electron chi connectivity index (χ0n) is 25.0. The zero-order valence-corrected chi connectivity index (χ0v) is 28.0. The molecule has 1 aliphatic rings. The number of halogens is 2. The Morgan fingerprint density at radius 2 is 1.34 bits per heavy atom. The van der Waals surface area contributed by atoms with Gasteiger partial charge in [-0.2, -0.15) is 9.97 Å². The van der Waals surface area contributed by atoms with Gasteiger partial charge in [0, 0.05) is 13.0 Å². The van der Waals surface area contributed by atoms with Crippen LogP contribution in [0.15, 0.2) is 0 Å². The molecule has 1 heterocycles. The number of hydrogen-bond donors (Lipinski definition) is 2. The van der Waals surface area contributed by atoms with Crippen LogP contribution in [0.5, 0.6) is 0 Å². The molecule has 1 aromatic rings. The van der Waals surface area contributed by atoms with Crippen molar-refractivity contribution in [3.8, 4) is 0 Å². The van der Waals surface area contributed by atoms with E-state index in [1.165, 1.54) is 0 Å². The predicted molar refractivity (Wildman–Crippen MR) is 159 cm³/mol. The van der Waals surface area contributed by atoms with Crippen LogP contribution in [-0.2, 0) is 28.4 Å². The van der Waals surface area contributed by atoms with E-state index in [1.807, 2.05) is 22.6 Å². The summed E-state index contributed by atoms with van der Waals surface area (Å²) in [4.78, 5) is 46.5. The van der Waals surface area contributed by atoms with Crippen molar-refractivity contribution in [1.29, 1.82) is 0 Å². The first-order valence-corrected chi connectivity index (χ1v) is 14.5. The van der Waals surface area contributed by atoms with Gasteiger partial charge in [0.05, 0.1) is 9.61 Å². The fourth-order valence-corrected chi connectivity index (χ4v) is 4.30. The lowest BCUT2D eigenvalue weighted by Crippen LogP contribution is -2.44. The van der Waals surface area contributed by atoms with Crippen LogP contribution in [0.3, 0.4) is 0 Å². The van der Waals surface area contributed by atoms with Crippen molar-refractivity contribution in [1.82, 2.24) is 9.97 Å². The molecule has 1 fully saturated rings. The maximum atomic E-state index is 12.8. The molecule has 0 aromatic carbocycles. The van der Waals surface area contributed by atoms with Gasteiger partial charge in [-0.25, -0.2) is 14.4 Å². The third kappa shape index (κ3) is 11.7. The number of carbonyl (C=O) groups excluding carboxylic acids is 3. The molecule has 41 heavy (non-hydrogen) atoms. The summed E-state index contributed by atoms with van der Waals surface area (Å²) >= 11 is 8.29. The van der Waals surface area contributed by atoms with Gasteiger partial charge < -0.3 is 39.1 Å². The molecule has 1 saturated carbocycles. The number of hydrogen-bond acceptors (Lipinski definition) is 13. The lowest BCUT2D eigenvalue weighted by Gasteiger charge is -2.29. The molecule has 232 valence electrons. The van der Waals surface area contributed by atoms with Crippen molar-refractivity contribution in [3.05, 3.63) is 8.72 Å². The fraction of sp³-hybridized carbons (Fsp3) is 0.731. The van der Waals surface area contributed by atoms with Gasteiger partial charge in [0.25, 0.3) is 0 Å². The monoisotopic (exact) mass is 714 g/mol. The van der Waals surface area contributed by atoms with Gasteiger partial charge in [-0.3, -0.25) is 0 Å². The van der Waals surface area contributed by atoms with Crippen LogP contribution in [0.1, 0.15) is 68.7 Å². The highest BCUT2D eigenvalue weighted by Crippen LogP contribution is 2.36. The van der Waals surface area contributed by atoms with E-state index < -0.39 is 59.4 Å². The second-order valence-corrected chi connectivity index (χ2v) is 13.8. The normalized spacial score (nSPS) is 21.0. The largest absolute Gasteiger partial charge is 0.509 e. The van der Waals surface area contributed by atoms with E-state index in [0.717, 1.165) is 0 Å². The van der Waals surface area contributed by atoms with Crippen LogP contribution in [-0.4, -0.2) is 77.1 Å². The quantitative estimate of drug-likeness (QED) is 0.143. The lowest BCUT2D eigenvalue weighted by atomic mass is 10.1. The molecule has 13 nitrogen and oxygen atoms in total. The van der Waals surface area contributed by atoms with E-state index in [-0.39, 0.29) is 24.1 Å². The number of ether oxygens (including phenoxy) is 6. The van der Waals surface area contributed by atoms with Gasteiger partial charge in [0.15, 0.2) is 12.2 Å². The summed E-state index contributed by atoms with van der Waals surface area (Å²) in [5, 5.41) is 6.26. The van der Waals surface area contributed by atoms with Crippen molar-refractivity contribution in [2.75, 3.05) is 24.3 Å². The molecular weight excluding hydrogens is 675 g/mol. The first-order valence-electron chi connectivity index (χ1n) is 13.0. The predicted octanol–water partition coefficient (Wildman–Crippen LogP) is 6.17. The summed E-state index contributed by atoms with van der Waals surface area (Å²) in [6, 6.07) is -0.689. The average molecular weight is 715 g/mol. The maximum Gasteiger partial charge on any atom is 0.509 e. The van der Waals surface area contributed by atoms with Gasteiger partial charge >= 0.3 is 18.5 Å². The van der Waals surface area contributed by atoms with Crippen molar-refractivity contribution in [3.63, 3.8) is 0 Å². The molecule has 0 spiro atoms. The Kier molecular flexibility index (Phi) is 11.6. The van der Waals surface area contributed by atoms with Crippen LogP contribution in [0, 0.1) is 9.49 Å². The SMILES string of the molecule is CNc1nc(Cl)c(I)c(N[C@@H]2C[C@H](COC(=O)OC(C)(C)C)[C@@H](OC(=O)OC(C)(C)C)[C@H]2OC(=O)OC(C)(C)C)n1. The van der Waals surface area contributed by atoms with Crippen LogP contribution in [0.2, 0.25) is 5.15 Å². The molecule has 0 radical (unpaired) electrons. The molecular formula is C26H40ClIN4O9.